The van der Waals surface area contributed by atoms with Gasteiger partial charge in [-0.1, -0.05) is 18.2 Å². The van der Waals surface area contributed by atoms with Crippen molar-refractivity contribution < 1.29 is 8.42 Å². The van der Waals surface area contributed by atoms with Crippen molar-refractivity contribution in [3.63, 3.8) is 0 Å². The first-order valence-corrected chi connectivity index (χ1v) is 12.0. The van der Waals surface area contributed by atoms with Crippen molar-refractivity contribution in [1.29, 1.82) is 0 Å². The normalized spacial score (nSPS) is 14.9. The molecular formula is C20H28N4O2S2. The second-order valence-electron chi connectivity index (χ2n) is 6.96. The molecule has 1 aliphatic rings. The molecule has 0 spiro atoms. The van der Waals surface area contributed by atoms with Crippen LogP contribution in [0.5, 0.6) is 0 Å². The van der Waals surface area contributed by atoms with E-state index in [0.29, 0.717) is 11.4 Å². The Morgan fingerprint density at radius 3 is 2.61 bits per heavy atom. The smallest absolute Gasteiger partial charge is 0.240 e. The Bertz CT molecular complexity index is 873. The van der Waals surface area contributed by atoms with Crippen LogP contribution < -0.4 is 10.0 Å². The Labute approximate surface area is 171 Å². The van der Waals surface area contributed by atoms with Gasteiger partial charge in [0, 0.05) is 31.1 Å². The molecule has 1 aliphatic carbocycles. The molecule has 6 nitrogen and oxygen atoms in total. The quantitative estimate of drug-likeness (QED) is 0.483. The molecule has 0 saturated heterocycles. The van der Waals surface area contributed by atoms with Crippen LogP contribution in [-0.4, -0.2) is 45.5 Å². The monoisotopic (exact) mass is 420 g/mol. The van der Waals surface area contributed by atoms with Gasteiger partial charge in [-0.15, -0.1) is 11.3 Å². The van der Waals surface area contributed by atoms with E-state index in [1.807, 2.05) is 19.2 Å². The molecule has 1 heterocycles. The first kappa shape index (κ1) is 20.8. The maximum absolute atomic E-state index is 12.2. The zero-order chi connectivity index (χ0) is 20.0. The second-order valence-corrected chi connectivity index (χ2v) is 9.71. The Hall–Kier alpha value is -1.90. The first-order valence-electron chi connectivity index (χ1n) is 9.61. The van der Waals surface area contributed by atoms with Crippen molar-refractivity contribution in [2.75, 3.05) is 20.1 Å². The SMILES string of the molecule is CCNC(=NCc1ccc(S(=O)(=O)NC2CC2)cc1)N(C)CCc1cccs1. The van der Waals surface area contributed by atoms with E-state index in [4.69, 9.17) is 4.99 Å². The van der Waals surface area contributed by atoms with Crippen LogP contribution in [0.3, 0.4) is 0 Å². The van der Waals surface area contributed by atoms with Gasteiger partial charge in [-0.2, -0.15) is 0 Å². The number of aliphatic imine (C=N–C) groups is 1. The zero-order valence-corrected chi connectivity index (χ0v) is 18.0. The first-order chi connectivity index (χ1) is 13.5. The average Bonchev–Trinajstić information content (AvgIpc) is 3.32. The molecule has 8 heteroatoms. The standard InChI is InChI=1S/C20H28N4O2S2/c1-3-21-20(24(2)13-12-18-5-4-14-27-18)22-15-16-6-10-19(11-7-16)28(25,26)23-17-8-9-17/h4-7,10-11,14,17,23H,3,8-9,12-13,15H2,1-2H3,(H,21,22). The molecule has 0 unspecified atom stereocenters. The maximum Gasteiger partial charge on any atom is 0.240 e. The zero-order valence-electron chi connectivity index (χ0n) is 16.4. The average molecular weight is 421 g/mol. The van der Waals surface area contributed by atoms with Crippen molar-refractivity contribution >= 4 is 27.3 Å². The van der Waals surface area contributed by atoms with Crippen LogP contribution in [-0.2, 0) is 23.0 Å². The largest absolute Gasteiger partial charge is 0.357 e. The molecule has 28 heavy (non-hydrogen) atoms. The highest BCUT2D eigenvalue weighted by Gasteiger charge is 2.27. The lowest BCUT2D eigenvalue weighted by atomic mass is 10.2. The molecular weight excluding hydrogens is 392 g/mol. The summed E-state index contributed by atoms with van der Waals surface area (Å²) in [5, 5.41) is 5.42. The summed E-state index contributed by atoms with van der Waals surface area (Å²) < 4.78 is 27.2. The van der Waals surface area contributed by atoms with E-state index in [-0.39, 0.29) is 6.04 Å². The van der Waals surface area contributed by atoms with Gasteiger partial charge in [-0.25, -0.2) is 18.1 Å². The van der Waals surface area contributed by atoms with Gasteiger partial charge >= 0.3 is 0 Å². The minimum Gasteiger partial charge on any atom is -0.357 e. The van der Waals surface area contributed by atoms with Crippen LogP contribution in [0.15, 0.2) is 51.7 Å². The molecule has 0 radical (unpaired) electrons. The van der Waals surface area contributed by atoms with E-state index >= 15 is 0 Å². The summed E-state index contributed by atoms with van der Waals surface area (Å²) in [6.45, 7) is 4.24. The van der Waals surface area contributed by atoms with Crippen molar-refractivity contribution in [1.82, 2.24) is 14.9 Å². The van der Waals surface area contributed by atoms with Gasteiger partial charge in [-0.3, -0.25) is 0 Å². The molecule has 2 aromatic rings. The third kappa shape index (κ3) is 6.05. The third-order valence-corrected chi connectivity index (χ3v) is 6.99. The number of guanidine groups is 1. The van der Waals surface area contributed by atoms with Crippen molar-refractivity contribution in [3.05, 3.63) is 52.2 Å². The summed E-state index contributed by atoms with van der Waals surface area (Å²) in [5.41, 5.74) is 0.979. The lowest BCUT2D eigenvalue weighted by molar-refractivity contribution is 0.486. The predicted octanol–water partition coefficient (Wildman–Crippen LogP) is 2.83. The minimum atomic E-state index is -3.40. The maximum atomic E-state index is 12.2. The molecule has 1 fully saturated rings. The lowest BCUT2D eigenvalue weighted by Crippen LogP contribution is -2.39. The topological polar surface area (TPSA) is 73.8 Å². The van der Waals surface area contributed by atoms with Crippen LogP contribution in [0.25, 0.3) is 0 Å². The molecule has 0 amide bonds. The number of hydrogen-bond donors (Lipinski definition) is 2. The summed E-state index contributed by atoms with van der Waals surface area (Å²) in [6.07, 6.45) is 2.84. The Morgan fingerprint density at radius 2 is 2.00 bits per heavy atom. The summed E-state index contributed by atoms with van der Waals surface area (Å²) in [5.74, 6) is 0.853. The Kier molecular flexibility index (Phi) is 7.09. The number of sulfonamides is 1. The number of nitrogens with one attached hydrogen (secondary N) is 2. The van der Waals surface area contributed by atoms with E-state index < -0.39 is 10.0 Å². The fraction of sp³-hybridized carbons (Fsp3) is 0.450. The molecule has 0 bridgehead atoms. The van der Waals surface area contributed by atoms with Crippen LogP contribution in [0.4, 0.5) is 0 Å². The molecule has 3 rings (SSSR count). The Balaban J connectivity index is 1.60. The van der Waals surface area contributed by atoms with Crippen molar-refractivity contribution in [2.24, 2.45) is 4.99 Å². The second kappa shape index (κ2) is 9.54. The van der Waals surface area contributed by atoms with E-state index in [2.05, 4.69) is 39.4 Å². The van der Waals surface area contributed by atoms with E-state index in [9.17, 15) is 8.42 Å². The fourth-order valence-corrected chi connectivity index (χ4v) is 4.74. The highest BCUT2D eigenvalue weighted by molar-refractivity contribution is 7.89. The summed E-state index contributed by atoms with van der Waals surface area (Å²) >= 11 is 1.77. The van der Waals surface area contributed by atoms with Crippen molar-refractivity contribution in [2.45, 2.75) is 43.7 Å². The van der Waals surface area contributed by atoms with Gasteiger partial charge in [0.25, 0.3) is 0 Å². The van der Waals surface area contributed by atoms with Crippen LogP contribution in [0, 0.1) is 0 Å². The fourth-order valence-electron chi connectivity index (χ4n) is 2.74. The van der Waals surface area contributed by atoms with E-state index in [0.717, 1.165) is 43.9 Å². The van der Waals surface area contributed by atoms with E-state index in [1.54, 1.807) is 23.5 Å². The van der Waals surface area contributed by atoms with Gasteiger partial charge in [-0.05, 0) is 55.3 Å². The number of nitrogens with zero attached hydrogens (tertiary/aromatic N) is 2. The molecule has 2 N–H and O–H groups in total. The van der Waals surface area contributed by atoms with Crippen molar-refractivity contribution in [3.8, 4) is 0 Å². The van der Waals surface area contributed by atoms with Gasteiger partial charge in [0.2, 0.25) is 10.0 Å². The lowest BCUT2D eigenvalue weighted by Gasteiger charge is -2.21. The molecule has 1 aromatic heterocycles. The molecule has 1 aromatic carbocycles. The summed E-state index contributed by atoms with van der Waals surface area (Å²) in [7, 11) is -1.37. The van der Waals surface area contributed by atoms with Gasteiger partial charge < -0.3 is 10.2 Å². The summed E-state index contributed by atoms with van der Waals surface area (Å²) in [6, 6.07) is 11.3. The highest BCUT2D eigenvalue weighted by atomic mass is 32.2. The number of likely N-dealkylation sites (N-methyl/N-ethyl adjacent to an activating group) is 1. The third-order valence-electron chi connectivity index (χ3n) is 4.51. The highest BCUT2D eigenvalue weighted by Crippen LogP contribution is 2.22. The number of benzene rings is 1. The Morgan fingerprint density at radius 1 is 1.25 bits per heavy atom. The van der Waals surface area contributed by atoms with Gasteiger partial charge in [0.05, 0.1) is 11.4 Å². The van der Waals surface area contributed by atoms with Crippen LogP contribution in [0.2, 0.25) is 0 Å². The van der Waals surface area contributed by atoms with Crippen LogP contribution in [0.1, 0.15) is 30.2 Å². The number of rotatable bonds is 9. The number of thiophene rings is 1. The summed E-state index contributed by atoms with van der Waals surface area (Å²) in [4.78, 5) is 8.50. The molecule has 0 aliphatic heterocycles. The van der Waals surface area contributed by atoms with E-state index in [1.165, 1.54) is 4.88 Å². The minimum absolute atomic E-state index is 0.113. The van der Waals surface area contributed by atoms with Gasteiger partial charge in [0.15, 0.2) is 5.96 Å². The van der Waals surface area contributed by atoms with Gasteiger partial charge in [0.1, 0.15) is 0 Å². The van der Waals surface area contributed by atoms with Crippen LogP contribution >= 0.6 is 11.3 Å². The predicted molar refractivity (Wildman–Crippen MR) is 115 cm³/mol. The number of hydrogen-bond acceptors (Lipinski definition) is 4. The molecule has 152 valence electrons. The molecule has 1 saturated carbocycles. The molecule has 0 atom stereocenters.